The first-order valence-electron chi connectivity index (χ1n) is 7.17. The molecule has 2 aromatic rings. The van der Waals surface area contributed by atoms with Gasteiger partial charge in [-0.1, -0.05) is 18.2 Å². The van der Waals surface area contributed by atoms with Gasteiger partial charge in [0.05, 0.1) is 28.8 Å². The number of fused-ring (bicyclic) bond motifs is 1. The van der Waals surface area contributed by atoms with Crippen molar-refractivity contribution in [3.63, 3.8) is 0 Å². The van der Waals surface area contributed by atoms with Gasteiger partial charge in [0.15, 0.2) is 0 Å². The summed E-state index contributed by atoms with van der Waals surface area (Å²) >= 11 is 0. The normalized spacial score (nSPS) is 20.0. The van der Waals surface area contributed by atoms with Gasteiger partial charge in [0.25, 0.3) is 5.56 Å². The Kier molecular flexibility index (Phi) is 3.76. The second kappa shape index (κ2) is 5.64. The van der Waals surface area contributed by atoms with Crippen molar-refractivity contribution >= 4 is 11.4 Å². The Hall–Kier alpha value is -2.88. The highest BCUT2D eigenvalue weighted by molar-refractivity contribution is 5.92. The molecule has 0 saturated heterocycles. The molecule has 4 nitrogen and oxygen atoms in total. The minimum Gasteiger partial charge on any atom is -0.329 e. The average Bonchev–Trinajstić information content (AvgIpc) is 2.53. The van der Waals surface area contributed by atoms with Crippen LogP contribution < -0.4 is 5.56 Å². The predicted octanol–water partition coefficient (Wildman–Crippen LogP) is 3.77. The zero-order chi connectivity index (χ0) is 17.5. The standard InChI is InChI=1S/C17H12F3N3O/c1-9-11(8-21)14(15-13(23-9)6-7-22-16(15)24)10-4-2-3-5-12(10)17(18,19)20/h2-7,11,14H,1H3,(H,22,24). The Morgan fingerprint density at radius 1 is 1.25 bits per heavy atom. The van der Waals surface area contributed by atoms with Crippen LogP contribution in [-0.4, -0.2) is 10.7 Å². The first-order valence-corrected chi connectivity index (χ1v) is 7.17. The summed E-state index contributed by atoms with van der Waals surface area (Å²) in [7, 11) is 0. The summed E-state index contributed by atoms with van der Waals surface area (Å²) in [4.78, 5) is 18.9. The number of aliphatic imine (C=N–C) groups is 1. The second-order valence-electron chi connectivity index (χ2n) is 5.53. The van der Waals surface area contributed by atoms with Gasteiger partial charge in [0, 0.05) is 17.8 Å². The van der Waals surface area contributed by atoms with Crippen LogP contribution in [0.25, 0.3) is 0 Å². The molecular weight excluding hydrogens is 319 g/mol. The van der Waals surface area contributed by atoms with Crippen molar-refractivity contribution in [2.24, 2.45) is 10.9 Å². The number of H-pyrrole nitrogens is 1. The molecule has 0 fully saturated rings. The third-order valence-electron chi connectivity index (χ3n) is 4.11. The molecule has 0 bridgehead atoms. The van der Waals surface area contributed by atoms with E-state index in [1.165, 1.54) is 30.5 Å². The molecule has 0 saturated carbocycles. The highest BCUT2D eigenvalue weighted by atomic mass is 19.4. The molecule has 0 radical (unpaired) electrons. The van der Waals surface area contributed by atoms with E-state index in [1.807, 2.05) is 6.07 Å². The molecular formula is C17H12F3N3O. The van der Waals surface area contributed by atoms with Crippen LogP contribution in [0.4, 0.5) is 18.9 Å². The lowest BCUT2D eigenvalue weighted by Gasteiger charge is -2.29. The molecule has 0 spiro atoms. The molecule has 1 aromatic carbocycles. The molecule has 1 aliphatic rings. The van der Waals surface area contributed by atoms with Crippen molar-refractivity contribution < 1.29 is 13.2 Å². The number of aromatic amines is 1. The van der Waals surface area contributed by atoms with Crippen LogP contribution in [0.1, 0.15) is 29.5 Å². The van der Waals surface area contributed by atoms with Crippen molar-refractivity contribution in [3.8, 4) is 6.07 Å². The summed E-state index contributed by atoms with van der Waals surface area (Å²) in [5, 5.41) is 9.48. The Labute approximate surface area is 135 Å². The van der Waals surface area contributed by atoms with Crippen molar-refractivity contribution in [1.82, 2.24) is 4.98 Å². The molecule has 2 unspecified atom stereocenters. The fraction of sp³-hybridized carbons (Fsp3) is 0.235. The number of nitriles is 1. The monoisotopic (exact) mass is 331 g/mol. The number of hydrogen-bond acceptors (Lipinski definition) is 3. The lowest BCUT2D eigenvalue weighted by molar-refractivity contribution is -0.138. The molecule has 1 aliphatic heterocycles. The number of hydrogen-bond donors (Lipinski definition) is 1. The maximum atomic E-state index is 13.4. The zero-order valence-corrected chi connectivity index (χ0v) is 12.6. The van der Waals surface area contributed by atoms with Crippen molar-refractivity contribution in [3.05, 3.63) is 63.6 Å². The van der Waals surface area contributed by atoms with Crippen LogP contribution in [0.2, 0.25) is 0 Å². The van der Waals surface area contributed by atoms with Gasteiger partial charge in [0.2, 0.25) is 0 Å². The maximum absolute atomic E-state index is 13.4. The summed E-state index contributed by atoms with van der Waals surface area (Å²) in [5.74, 6) is -1.96. The van der Waals surface area contributed by atoms with E-state index in [0.29, 0.717) is 11.4 Å². The van der Waals surface area contributed by atoms with Crippen LogP contribution >= 0.6 is 0 Å². The summed E-state index contributed by atoms with van der Waals surface area (Å²) in [6.45, 7) is 1.58. The summed E-state index contributed by atoms with van der Waals surface area (Å²) in [6, 6.07) is 8.55. The minimum absolute atomic E-state index is 0.0892. The first kappa shape index (κ1) is 16.0. The lowest BCUT2D eigenvalue weighted by Crippen LogP contribution is -2.30. The zero-order valence-electron chi connectivity index (χ0n) is 12.6. The molecule has 3 rings (SSSR count). The molecule has 7 heteroatoms. The Balaban J connectivity index is 2.34. The van der Waals surface area contributed by atoms with E-state index in [-0.39, 0.29) is 11.1 Å². The molecule has 24 heavy (non-hydrogen) atoms. The smallest absolute Gasteiger partial charge is 0.329 e. The highest BCUT2D eigenvalue weighted by Crippen LogP contribution is 2.44. The van der Waals surface area contributed by atoms with Crippen LogP contribution in [-0.2, 0) is 6.18 Å². The third kappa shape index (κ3) is 2.50. The van der Waals surface area contributed by atoms with Gasteiger partial charge in [-0.25, -0.2) is 0 Å². The number of nitrogens with zero attached hydrogens (tertiary/aromatic N) is 2. The van der Waals surface area contributed by atoms with E-state index in [9.17, 15) is 23.2 Å². The number of nitrogens with one attached hydrogen (secondary N) is 1. The van der Waals surface area contributed by atoms with E-state index in [0.717, 1.165) is 6.07 Å². The Bertz CT molecular complexity index is 922. The van der Waals surface area contributed by atoms with E-state index in [2.05, 4.69) is 9.98 Å². The maximum Gasteiger partial charge on any atom is 0.416 e. The van der Waals surface area contributed by atoms with E-state index in [4.69, 9.17) is 0 Å². The van der Waals surface area contributed by atoms with Crippen LogP contribution in [0.5, 0.6) is 0 Å². The molecule has 2 heterocycles. The quantitative estimate of drug-likeness (QED) is 0.864. The Morgan fingerprint density at radius 2 is 1.96 bits per heavy atom. The van der Waals surface area contributed by atoms with E-state index >= 15 is 0 Å². The van der Waals surface area contributed by atoms with Gasteiger partial charge in [0.1, 0.15) is 0 Å². The van der Waals surface area contributed by atoms with Gasteiger partial charge in [-0.3, -0.25) is 9.79 Å². The largest absolute Gasteiger partial charge is 0.416 e. The topological polar surface area (TPSA) is 69.0 Å². The number of halogens is 3. The summed E-state index contributed by atoms with van der Waals surface area (Å²) in [6.07, 6.45) is -3.20. The van der Waals surface area contributed by atoms with Gasteiger partial charge >= 0.3 is 6.18 Å². The third-order valence-corrected chi connectivity index (χ3v) is 4.11. The fourth-order valence-electron chi connectivity index (χ4n) is 3.07. The minimum atomic E-state index is -4.58. The number of alkyl halides is 3. The van der Waals surface area contributed by atoms with Gasteiger partial charge in [-0.05, 0) is 24.6 Å². The number of pyridine rings is 1. The average molecular weight is 331 g/mol. The van der Waals surface area contributed by atoms with Crippen LogP contribution in [0.15, 0.2) is 46.3 Å². The van der Waals surface area contributed by atoms with Crippen LogP contribution in [0.3, 0.4) is 0 Å². The molecule has 1 N–H and O–H groups in total. The van der Waals surface area contributed by atoms with E-state index in [1.54, 1.807) is 6.92 Å². The molecule has 1 aromatic heterocycles. The van der Waals surface area contributed by atoms with Crippen molar-refractivity contribution in [2.45, 2.75) is 19.0 Å². The van der Waals surface area contributed by atoms with Gasteiger partial charge < -0.3 is 4.98 Å². The van der Waals surface area contributed by atoms with E-state index < -0.39 is 29.1 Å². The van der Waals surface area contributed by atoms with Gasteiger partial charge in [-0.2, -0.15) is 18.4 Å². The highest BCUT2D eigenvalue weighted by Gasteiger charge is 2.41. The SMILES string of the molecule is CC1=Nc2cc[nH]c(=O)c2C(c2ccccc2C(F)(F)F)C1C#N. The van der Waals surface area contributed by atoms with Crippen LogP contribution in [0, 0.1) is 17.2 Å². The van der Waals surface area contributed by atoms with Gasteiger partial charge in [-0.15, -0.1) is 0 Å². The molecule has 0 aliphatic carbocycles. The lowest BCUT2D eigenvalue weighted by atomic mass is 9.75. The molecule has 122 valence electrons. The number of rotatable bonds is 1. The Morgan fingerprint density at radius 3 is 2.62 bits per heavy atom. The number of benzene rings is 1. The summed E-state index contributed by atoms with van der Waals surface area (Å²) in [5.41, 5.74) is -0.706. The number of aromatic nitrogens is 1. The molecule has 2 atom stereocenters. The fourth-order valence-corrected chi connectivity index (χ4v) is 3.07. The first-order chi connectivity index (χ1) is 11.3. The van der Waals surface area contributed by atoms with Crippen molar-refractivity contribution in [2.75, 3.05) is 0 Å². The summed E-state index contributed by atoms with van der Waals surface area (Å²) < 4.78 is 40.2. The van der Waals surface area contributed by atoms with Crippen molar-refractivity contribution in [1.29, 1.82) is 5.26 Å². The molecule has 0 amide bonds. The predicted molar refractivity (Wildman–Crippen MR) is 82.2 cm³/mol. The second-order valence-corrected chi connectivity index (χ2v) is 5.53.